The molecule has 150 valence electrons. The van der Waals surface area contributed by atoms with Gasteiger partial charge in [0.1, 0.15) is 0 Å². The van der Waals surface area contributed by atoms with Crippen molar-refractivity contribution in [2.24, 2.45) is 0 Å². The second-order valence-electron chi connectivity index (χ2n) is 5.41. The Labute approximate surface area is 160 Å². The lowest BCUT2D eigenvalue weighted by molar-refractivity contribution is -0.394. The number of anilines is 1. The van der Waals surface area contributed by atoms with Crippen molar-refractivity contribution in [1.29, 1.82) is 0 Å². The summed E-state index contributed by atoms with van der Waals surface area (Å²) in [4.78, 5) is 54.1. The van der Waals surface area contributed by atoms with Gasteiger partial charge in [-0.1, -0.05) is 0 Å². The number of nitro groups is 2. The lowest BCUT2D eigenvalue weighted by Gasteiger charge is -2.09. The molecular weight excluding hydrogens is 394 g/mol. The number of carbonyl (C=O) groups is 3. The molecule has 2 aromatic rings. The van der Waals surface area contributed by atoms with Gasteiger partial charge in [0.2, 0.25) is 0 Å². The van der Waals surface area contributed by atoms with Crippen LogP contribution < -0.4 is 10.1 Å². The van der Waals surface area contributed by atoms with E-state index in [-0.39, 0.29) is 16.8 Å². The van der Waals surface area contributed by atoms with Crippen LogP contribution in [0.25, 0.3) is 0 Å². The van der Waals surface area contributed by atoms with E-state index in [2.05, 4.69) is 5.32 Å². The molecule has 0 radical (unpaired) electrons. The Hall–Kier alpha value is -4.55. The third-order valence-electron chi connectivity index (χ3n) is 3.42. The zero-order chi connectivity index (χ0) is 21.7. The molecule has 2 aromatic carbocycles. The molecule has 13 nitrogen and oxygen atoms in total. The SMILES string of the molecule is O=C(COc1ccc([N+](=O)[O-])cc1[N+](=O)[O-])Nc1cc(C(=O)O)cc(C(=O)O)c1. The Bertz CT molecular complexity index is 1000. The van der Waals surface area contributed by atoms with Crippen LogP contribution in [0.2, 0.25) is 0 Å². The highest BCUT2D eigenvalue weighted by atomic mass is 16.6. The fourth-order valence-corrected chi connectivity index (χ4v) is 2.17. The molecule has 3 N–H and O–H groups in total. The minimum absolute atomic E-state index is 0.144. The number of aromatic carboxylic acids is 2. The number of non-ortho nitro benzene ring substituents is 1. The summed E-state index contributed by atoms with van der Waals surface area (Å²) < 4.78 is 5.01. The maximum atomic E-state index is 12.0. The summed E-state index contributed by atoms with van der Waals surface area (Å²) >= 11 is 0. The van der Waals surface area contributed by atoms with E-state index in [0.717, 1.165) is 30.3 Å². The molecule has 0 aliphatic heterocycles. The Morgan fingerprint density at radius 2 is 1.52 bits per heavy atom. The summed E-state index contributed by atoms with van der Waals surface area (Å²) in [5.74, 6) is -4.11. The average molecular weight is 405 g/mol. The third kappa shape index (κ3) is 5.22. The van der Waals surface area contributed by atoms with Crippen molar-refractivity contribution in [3.63, 3.8) is 0 Å². The highest BCUT2D eigenvalue weighted by Crippen LogP contribution is 2.31. The van der Waals surface area contributed by atoms with E-state index in [1.54, 1.807) is 0 Å². The largest absolute Gasteiger partial charge is 0.478 e. The van der Waals surface area contributed by atoms with Crippen molar-refractivity contribution in [1.82, 2.24) is 0 Å². The smallest absolute Gasteiger partial charge is 0.335 e. The van der Waals surface area contributed by atoms with Crippen molar-refractivity contribution in [3.8, 4) is 5.75 Å². The standard InChI is InChI=1S/C16H11N3O10/c20-14(17-10-4-8(15(21)22)3-9(5-10)16(23)24)7-29-13-2-1-11(18(25)26)6-12(13)19(27)28/h1-6H,7H2,(H,17,20)(H,21,22)(H,23,24). The highest BCUT2D eigenvalue weighted by Gasteiger charge is 2.21. The molecule has 0 atom stereocenters. The van der Waals surface area contributed by atoms with Gasteiger partial charge in [-0.3, -0.25) is 25.0 Å². The number of nitrogens with one attached hydrogen (secondary N) is 1. The normalized spacial score (nSPS) is 10.1. The van der Waals surface area contributed by atoms with Crippen LogP contribution in [-0.4, -0.2) is 44.5 Å². The first kappa shape index (κ1) is 20.8. The van der Waals surface area contributed by atoms with Gasteiger partial charge < -0.3 is 20.3 Å². The quantitative estimate of drug-likeness (QED) is 0.430. The van der Waals surface area contributed by atoms with E-state index in [4.69, 9.17) is 14.9 Å². The molecule has 0 saturated carbocycles. The number of amides is 1. The van der Waals surface area contributed by atoms with Gasteiger partial charge in [-0.05, 0) is 24.3 Å². The van der Waals surface area contributed by atoms with Gasteiger partial charge in [-0.25, -0.2) is 9.59 Å². The molecular formula is C16H11N3O10. The van der Waals surface area contributed by atoms with E-state index in [1.165, 1.54) is 0 Å². The van der Waals surface area contributed by atoms with Gasteiger partial charge in [0.15, 0.2) is 12.4 Å². The lowest BCUT2D eigenvalue weighted by Crippen LogP contribution is -2.21. The number of carboxylic acids is 2. The molecule has 13 heteroatoms. The minimum atomic E-state index is -1.42. The number of carboxylic acid groups (broad SMARTS) is 2. The molecule has 29 heavy (non-hydrogen) atoms. The van der Waals surface area contributed by atoms with E-state index in [1.807, 2.05) is 0 Å². The van der Waals surface area contributed by atoms with E-state index in [0.29, 0.717) is 6.07 Å². The van der Waals surface area contributed by atoms with E-state index in [9.17, 15) is 34.6 Å². The predicted octanol–water partition coefficient (Wildman–Crippen LogP) is 1.92. The molecule has 0 saturated heterocycles. The van der Waals surface area contributed by atoms with Gasteiger partial charge >= 0.3 is 17.6 Å². The number of benzene rings is 2. The second kappa shape index (κ2) is 8.43. The second-order valence-corrected chi connectivity index (χ2v) is 5.41. The fourth-order valence-electron chi connectivity index (χ4n) is 2.17. The van der Waals surface area contributed by atoms with Gasteiger partial charge in [0.25, 0.3) is 11.6 Å². The van der Waals surface area contributed by atoms with Crippen molar-refractivity contribution in [2.45, 2.75) is 0 Å². The summed E-state index contributed by atoms with van der Waals surface area (Å²) in [6.45, 7) is -0.766. The van der Waals surface area contributed by atoms with Crippen LogP contribution in [0.5, 0.6) is 5.75 Å². The van der Waals surface area contributed by atoms with Crippen LogP contribution in [0.1, 0.15) is 20.7 Å². The molecule has 0 aliphatic carbocycles. The topological polar surface area (TPSA) is 199 Å². The van der Waals surface area contributed by atoms with Crippen molar-refractivity contribution < 1.29 is 39.2 Å². The lowest BCUT2D eigenvalue weighted by atomic mass is 10.1. The van der Waals surface area contributed by atoms with Crippen molar-refractivity contribution in [3.05, 3.63) is 67.8 Å². The number of hydrogen-bond donors (Lipinski definition) is 3. The first-order chi connectivity index (χ1) is 13.6. The highest BCUT2D eigenvalue weighted by molar-refractivity contribution is 5.98. The van der Waals surface area contributed by atoms with Crippen LogP contribution >= 0.6 is 0 Å². The summed E-state index contributed by atoms with van der Waals surface area (Å²) in [5, 5.41) is 41.9. The Balaban J connectivity index is 2.16. The molecule has 0 fully saturated rings. The number of ether oxygens (including phenoxy) is 1. The van der Waals surface area contributed by atoms with Gasteiger partial charge in [-0.15, -0.1) is 0 Å². The molecule has 0 heterocycles. The summed E-state index contributed by atoms with van der Waals surface area (Å²) in [6, 6.07) is 5.51. The average Bonchev–Trinajstić information content (AvgIpc) is 2.65. The third-order valence-corrected chi connectivity index (χ3v) is 3.42. The van der Waals surface area contributed by atoms with Crippen LogP contribution in [0.15, 0.2) is 36.4 Å². The van der Waals surface area contributed by atoms with Crippen molar-refractivity contribution >= 4 is 34.9 Å². The van der Waals surface area contributed by atoms with Crippen molar-refractivity contribution in [2.75, 3.05) is 11.9 Å². The Kier molecular flexibility index (Phi) is 6.03. The zero-order valence-electron chi connectivity index (χ0n) is 14.2. The molecule has 0 aliphatic rings. The summed E-state index contributed by atoms with van der Waals surface area (Å²) in [6.07, 6.45) is 0. The van der Waals surface area contributed by atoms with E-state index < -0.39 is 51.4 Å². The molecule has 2 rings (SSSR count). The molecule has 0 spiro atoms. The molecule has 0 unspecified atom stereocenters. The molecule has 0 bridgehead atoms. The van der Waals surface area contributed by atoms with E-state index >= 15 is 0 Å². The number of nitro benzene ring substituents is 2. The minimum Gasteiger partial charge on any atom is -0.478 e. The Morgan fingerprint density at radius 1 is 0.931 bits per heavy atom. The number of nitrogens with zero attached hydrogens (tertiary/aromatic N) is 2. The molecule has 0 aromatic heterocycles. The Morgan fingerprint density at radius 3 is 2.00 bits per heavy atom. The van der Waals surface area contributed by atoms with Crippen LogP contribution in [-0.2, 0) is 4.79 Å². The zero-order valence-corrected chi connectivity index (χ0v) is 14.2. The number of rotatable bonds is 8. The number of carbonyl (C=O) groups excluding carboxylic acids is 1. The summed E-state index contributed by atoms with van der Waals surface area (Å²) in [7, 11) is 0. The van der Waals surface area contributed by atoms with Crippen LogP contribution in [0, 0.1) is 20.2 Å². The molecule has 1 amide bonds. The van der Waals surface area contributed by atoms with Gasteiger partial charge in [0.05, 0.1) is 27.0 Å². The summed E-state index contributed by atoms with van der Waals surface area (Å²) in [5.41, 5.74) is -2.18. The monoisotopic (exact) mass is 405 g/mol. The first-order valence-electron chi connectivity index (χ1n) is 7.55. The maximum absolute atomic E-state index is 12.0. The first-order valence-corrected chi connectivity index (χ1v) is 7.55. The van der Waals surface area contributed by atoms with Crippen LogP contribution in [0.4, 0.5) is 17.1 Å². The van der Waals surface area contributed by atoms with Gasteiger partial charge in [0, 0.05) is 11.8 Å². The maximum Gasteiger partial charge on any atom is 0.335 e. The van der Waals surface area contributed by atoms with Gasteiger partial charge in [-0.2, -0.15) is 0 Å². The number of hydrogen-bond acceptors (Lipinski definition) is 8. The van der Waals surface area contributed by atoms with Crippen LogP contribution in [0.3, 0.4) is 0 Å². The fraction of sp³-hybridized carbons (Fsp3) is 0.0625. The predicted molar refractivity (Wildman–Crippen MR) is 94.2 cm³/mol.